The van der Waals surface area contributed by atoms with Crippen molar-refractivity contribution < 1.29 is 9.59 Å². The molecule has 2 amide bonds. The molecule has 1 saturated heterocycles. The number of nitrogens with one attached hydrogen (secondary N) is 1. The number of rotatable bonds is 5. The predicted molar refractivity (Wildman–Crippen MR) is 74.5 cm³/mol. The van der Waals surface area contributed by atoms with Crippen LogP contribution in [0.1, 0.15) is 48.0 Å². The summed E-state index contributed by atoms with van der Waals surface area (Å²) >= 11 is 1.13. The molecule has 1 aromatic rings. The number of aryl methyl sites for hydroxylation is 1. The smallest absolute Gasteiger partial charge is 0.265 e. The van der Waals surface area contributed by atoms with Crippen LogP contribution in [-0.2, 0) is 11.2 Å². The lowest BCUT2D eigenvalue weighted by molar-refractivity contribution is -0.128. The van der Waals surface area contributed by atoms with E-state index in [0.717, 1.165) is 42.9 Å². The molecule has 108 valence electrons. The van der Waals surface area contributed by atoms with E-state index in [1.54, 1.807) is 0 Å². The van der Waals surface area contributed by atoms with Gasteiger partial charge in [0.05, 0.1) is 11.7 Å². The van der Waals surface area contributed by atoms with Crippen LogP contribution in [0.4, 0.5) is 0 Å². The molecule has 0 spiro atoms. The SMILES string of the molecule is CCCc1nnsc1C(=O)N[C@@H]1CC(=O)N(C2CC2)C1. The molecule has 6 nitrogen and oxygen atoms in total. The van der Waals surface area contributed by atoms with Gasteiger partial charge in [-0.3, -0.25) is 9.59 Å². The van der Waals surface area contributed by atoms with E-state index >= 15 is 0 Å². The highest BCUT2D eigenvalue weighted by atomic mass is 32.1. The Hall–Kier alpha value is -1.50. The van der Waals surface area contributed by atoms with Crippen LogP contribution in [0.3, 0.4) is 0 Å². The van der Waals surface area contributed by atoms with Crippen molar-refractivity contribution in [2.24, 2.45) is 0 Å². The van der Waals surface area contributed by atoms with Gasteiger partial charge in [0.15, 0.2) is 0 Å². The van der Waals surface area contributed by atoms with Crippen molar-refractivity contribution in [1.82, 2.24) is 19.8 Å². The van der Waals surface area contributed by atoms with Gasteiger partial charge < -0.3 is 10.2 Å². The number of amides is 2. The Bertz CT molecular complexity index is 526. The Morgan fingerprint density at radius 2 is 2.30 bits per heavy atom. The minimum Gasteiger partial charge on any atom is -0.346 e. The molecule has 0 radical (unpaired) electrons. The summed E-state index contributed by atoms with van der Waals surface area (Å²) in [5.74, 6) is 0.0212. The molecule has 1 N–H and O–H groups in total. The zero-order valence-electron chi connectivity index (χ0n) is 11.5. The summed E-state index contributed by atoms with van der Waals surface area (Å²) in [6, 6.07) is 0.345. The maximum Gasteiger partial charge on any atom is 0.265 e. The number of likely N-dealkylation sites (tertiary alicyclic amines) is 1. The second-order valence-corrected chi connectivity index (χ2v) is 6.20. The first-order valence-electron chi connectivity index (χ1n) is 7.10. The van der Waals surface area contributed by atoms with E-state index in [1.807, 2.05) is 11.8 Å². The van der Waals surface area contributed by atoms with E-state index in [-0.39, 0.29) is 17.9 Å². The highest BCUT2D eigenvalue weighted by Gasteiger charge is 2.39. The Morgan fingerprint density at radius 1 is 1.50 bits per heavy atom. The Kier molecular flexibility index (Phi) is 3.69. The predicted octanol–water partition coefficient (Wildman–Crippen LogP) is 0.984. The molecule has 7 heteroatoms. The average Bonchev–Trinajstić information content (AvgIpc) is 3.04. The van der Waals surface area contributed by atoms with E-state index in [4.69, 9.17) is 0 Å². The molecule has 20 heavy (non-hydrogen) atoms. The van der Waals surface area contributed by atoms with Crippen molar-refractivity contribution >= 4 is 23.3 Å². The number of carbonyl (C=O) groups excluding carboxylic acids is 2. The fourth-order valence-corrected chi connectivity index (χ4v) is 3.21. The lowest BCUT2D eigenvalue weighted by atomic mass is 10.2. The van der Waals surface area contributed by atoms with Crippen LogP contribution in [0.2, 0.25) is 0 Å². The van der Waals surface area contributed by atoms with Crippen molar-refractivity contribution in [3.05, 3.63) is 10.6 Å². The van der Waals surface area contributed by atoms with Gasteiger partial charge in [-0.1, -0.05) is 17.8 Å². The number of hydrogen-bond donors (Lipinski definition) is 1. The molecule has 1 saturated carbocycles. The molecular formula is C13H18N4O2S. The van der Waals surface area contributed by atoms with Crippen molar-refractivity contribution in [2.75, 3.05) is 6.54 Å². The fourth-order valence-electron chi connectivity index (χ4n) is 2.60. The summed E-state index contributed by atoms with van der Waals surface area (Å²) in [6.45, 7) is 2.69. The van der Waals surface area contributed by atoms with Gasteiger partial charge >= 0.3 is 0 Å². The van der Waals surface area contributed by atoms with Gasteiger partial charge in [-0.05, 0) is 30.8 Å². The van der Waals surface area contributed by atoms with Crippen molar-refractivity contribution in [3.63, 3.8) is 0 Å². The van der Waals surface area contributed by atoms with E-state index < -0.39 is 0 Å². The van der Waals surface area contributed by atoms with E-state index in [0.29, 0.717) is 23.9 Å². The van der Waals surface area contributed by atoms with Crippen molar-refractivity contribution in [3.8, 4) is 0 Å². The molecule has 2 fully saturated rings. The van der Waals surface area contributed by atoms with E-state index in [1.165, 1.54) is 0 Å². The van der Waals surface area contributed by atoms with Gasteiger partial charge in [0.2, 0.25) is 5.91 Å². The fraction of sp³-hybridized carbons (Fsp3) is 0.692. The number of aromatic nitrogens is 2. The highest BCUT2D eigenvalue weighted by Crippen LogP contribution is 2.30. The maximum atomic E-state index is 12.2. The molecule has 1 aliphatic heterocycles. The van der Waals surface area contributed by atoms with Gasteiger partial charge in [0.1, 0.15) is 4.88 Å². The summed E-state index contributed by atoms with van der Waals surface area (Å²) < 4.78 is 3.86. The Labute approximate surface area is 121 Å². The number of nitrogens with zero attached hydrogens (tertiary/aromatic N) is 3. The van der Waals surface area contributed by atoms with Gasteiger partial charge in [-0.15, -0.1) is 5.10 Å². The molecule has 1 atom stereocenters. The van der Waals surface area contributed by atoms with Crippen LogP contribution >= 0.6 is 11.5 Å². The van der Waals surface area contributed by atoms with Crippen molar-refractivity contribution in [2.45, 2.75) is 51.1 Å². The molecule has 1 aliphatic carbocycles. The maximum absolute atomic E-state index is 12.2. The van der Waals surface area contributed by atoms with Crippen LogP contribution in [0.25, 0.3) is 0 Å². The summed E-state index contributed by atoms with van der Waals surface area (Å²) in [7, 11) is 0. The topological polar surface area (TPSA) is 75.2 Å². The summed E-state index contributed by atoms with van der Waals surface area (Å²) in [5.41, 5.74) is 0.762. The molecule has 0 bridgehead atoms. The molecular weight excluding hydrogens is 276 g/mol. The molecule has 0 unspecified atom stereocenters. The van der Waals surface area contributed by atoms with E-state index in [2.05, 4.69) is 14.9 Å². The quantitative estimate of drug-likeness (QED) is 0.878. The molecule has 2 aliphatic rings. The zero-order chi connectivity index (χ0) is 14.1. The average molecular weight is 294 g/mol. The first kappa shape index (κ1) is 13.5. The second kappa shape index (κ2) is 5.47. The number of carbonyl (C=O) groups is 2. The first-order valence-corrected chi connectivity index (χ1v) is 7.88. The molecule has 2 heterocycles. The molecule has 3 rings (SSSR count). The van der Waals surface area contributed by atoms with Crippen LogP contribution in [0.5, 0.6) is 0 Å². The summed E-state index contributed by atoms with van der Waals surface area (Å²) in [4.78, 5) is 26.6. The number of hydrogen-bond acceptors (Lipinski definition) is 5. The third kappa shape index (κ3) is 2.67. The lowest BCUT2D eigenvalue weighted by Crippen LogP contribution is -2.37. The lowest BCUT2D eigenvalue weighted by Gasteiger charge is -2.15. The Morgan fingerprint density at radius 3 is 3.00 bits per heavy atom. The molecule has 1 aromatic heterocycles. The van der Waals surface area contributed by atoms with E-state index in [9.17, 15) is 9.59 Å². The molecule has 0 aromatic carbocycles. The minimum atomic E-state index is -0.140. The standard InChI is InChI=1S/C13H18N4O2S/c1-2-3-10-12(20-16-15-10)13(19)14-8-6-11(18)17(7-8)9-4-5-9/h8-9H,2-7H2,1H3,(H,14,19)/t8-/m1/s1. The Balaban J connectivity index is 1.61. The van der Waals surface area contributed by atoms with Gasteiger partial charge in [0, 0.05) is 19.0 Å². The highest BCUT2D eigenvalue weighted by molar-refractivity contribution is 7.08. The van der Waals surface area contributed by atoms with Gasteiger partial charge in [-0.2, -0.15) is 0 Å². The largest absolute Gasteiger partial charge is 0.346 e. The van der Waals surface area contributed by atoms with Crippen molar-refractivity contribution in [1.29, 1.82) is 0 Å². The zero-order valence-corrected chi connectivity index (χ0v) is 12.3. The van der Waals surface area contributed by atoms with Crippen LogP contribution < -0.4 is 5.32 Å². The van der Waals surface area contributed by atoms with Crippen LogP contribution in [-0.4, -0.2) is 44.9 Å². The summed E-state index contributed by atoms with van der Waals surface area (Å²) in [5, 5.41) is 6.95. The van der Waals surface area contributed by atoms with Crippen LogP contribution in [0, 0.1) is 0 Å². The second-order valence-electron chi connectivity index (χ2n) is 5.45. The summed E-state index contributed by atoms with van der Waals surface area (Å²) in [6.07, 6.45) is 4.31. The third-order valence-corrected chi connectivity index (χ3v) is 4.50. The monoisotopic (exact) mass is 294 g/mol. The van der Waals surface area contributed by atoms with Gasteiger partial charge in [-0.25, -0.2) is 0 Å². The van der Waals surface area contributed by atoms with Gasteiger partial charge in [0.25, 0.3) is 5.91 Å². The first-order chi connectivity index (χ1) is 9.69. The minimum absolute atomic E-state index is 0.0767. The normalized spacial score (nSPS) is 22.4. The third-order valence-electron chi connectivity index (χ3n) is 3.73. The van der Waals surface area contributed by atoms with Crippen LogP contribution in [0.15, 0.2) is 0 Å².